The van der Waals surface area contributed by atoms with Crippen LogP contribution in [0.5, 0.6) is 0 Å². The first-order valence-electron chi connectivity index (χ1n) is 10.9. The van der Waals surface area contributed by atoms with E-state index in [0.29, 0.717) is 0 Å². The first kappa shape index (κ1) is 25.6. The van der Waals surface area contributed by atoms with Crippen LogP contribution in [0.2, 0.25) is 0 Å². The molecule has 1 heterocycles. The van der Waals surface area contributed by atoms with Gasteiger partial charge in [-0.25, -0.2) is 0 Å². The Morgan fingerprint density at radius 1 is 0.875 bits per heavy atom. The second-order valence-electron chi connectivity index (χ2n) is 7.62. The zero-order valence-corrected chi connectivity index (χ0v) is 21.2. The Bertz CT molecular complexity index is 979. The molecule has 5 nitrogen and oxygen atoms in total. The number of aromatic nitrogens is 1. The number of guanidine groups is 1. The van der Waals surface area contributed by atoms with Crippen molar-refractivity contribution in [2.75, 3.05) is 20.1 Å². The number of nitrogens with one attached hydrogen (secondary N) is 2. The van der Waals surface area contributed by atoms with Crippen LogP contribution in [0.15, 0.2) is 88.6 Å². The van der Waals surface area contributed by atoms with Gasteiger partial charge >= 0.3 is 0 Å². The van der Waals surface area contributed by atoms with Gasteiger partial charge < -0.3 is 15.2 Å². The molecule has 0 radical (unpaired) electrons. The Kier molecular flexibility index (Phi) is 11.0. The molecule has 0 saturated carbocycles. The van der Waals surface area contributed by atoms with Crippen LogP contribution in [-0.4, -0.2) is 30.7 Å². The lowest BCUT2D eigenvalue weighted by Crippen LogP contribution is -2.40. The maximum atomic E-state index is 12.0. The van der Waals surface area contributed by atoms with Gasteiger partial charge in [-0.15, -0.1) is 24.0 Å². The van der Waals surface area contributed by atoms with Crippen LogP contribution >= 0.6 is 24.0 Å². The molecule has 32 heavy (non-hydrogen) atoms. The van der Waals surface area contributed by atoms with Crippen molar-refractivity contribution in [1.29, 1.82) is 0 Å². The minimum absolute atomic E-state index is 0. The second-order valence-corrected chi connectivity index (χ2v) is 7.62. The number of hydrogen-bond acceptors (Lipinski definition) is 2. The highest BCUT2D eigenvalue weighted by Crippen LogP contribution is 2.23. The molecule has 2 N–H and O–H groups in total. The predicted octanol–water partition coefficient (Wildman–Crippen LogP) is 4.55. The van der Waals surface area contributed by atoms with Gasteiger partial charge in [0, 0.05) is 44.4 Å². The quantitative estimate of drug-likeness (QED) is 0.180. The zero-order valence-electron chi connectivity index (χ0n) is 18.8. The van der Waals surface area contributed by atoms with Crippen LogP contribution in [0.4, 0.5) is 0 Å². The summed E-state index contributed by atoms with van der Waals surface area (Å²) in [7, 11) is 1.79. The molecular weight excluding hydrogens is 511 g/mol. The summed E-state index contributed by atoms with van der Waals surface area (Å²) in [6.07, 6.45) is 1.90. The number of aryl methyl sites for hydroxylation is 1. The van der Waals surface area contributed by atoms with Crippen LogP contribution in [0.1, 0.15) is 35.6 Å². The summed E-state index contributed by atoms with van der Waals surface area (Å²) in [6.45, 7) is 4.28. The lowest BCUT2D eigenvalue weighted by Gasteiger charge is -2.20. The fourth-order valence-corrected chi connectivity index (χ4v) is 3.73. The Labute approximate surface area is 208 Å². The smallest absolute Gasteiger partial charge is 0.250 e. The Balaban J connectivity index is 0.00000363. The van der Waals surface area contributed by atoms with Gasteiger partial charge in [0.2, 0.25) is 0 Å². The van der Waals surface area contributed by atoms with Crippen LogP contribution in [0.3, 0.4) is 0 Å². The molecule has 6 heteroatoms. The fourth-order valence-electron chi connectivity index (χ4n) is 3.73. The summed E-state index contributed by atoms with van der Waals surface area (Å²) in [5.41, 5.74) is 3.63. The van der Waals surface area contributed by atoms with Gasteiger partial charge in [0.1, 0.15) is 0 Å². The fraction of sp³-hybridized carbons (Fsp3) is 0.308. The standard InChI is InChI=1S/C26H32N4O.HI/c1-21-12-11-17-25(31)30(21)19-10-9-18-28-26(27-2)29-20-24(22-13-5-3-6-14-22)23-15-7-4-8-16-23;/h3-8,11-17,24H,9-10,18-20H2,1-2H3,(H2,27,28,29);1H. The highest BCUT2D eigenvalue weighted by Gasteiger charge is 2.14. The third-order valence-electron chi connectivity index (χ3n) is 5.47. The third-order valence-corrected chi connectivity index (χ3v) is 5.47. The van der Waals surface area contributed by atoms with E-state index in [9.17, 15) is 4.79 Å². The highest BCUT2D eigenvalue weighted by molar-refractivity contribution is 14.0. The number of hydrogen-bond donors (Lipinski definition) is 2. The molecule has 0 aliphatic heterocycles. The zero-order chi connectivity index (χ0) is 21.9. The van der Waals surface area contributed by atoms with Gasteiger partial charge in [-0.1, -0.05) is 66.7 Å². The first-order chi connectivity index (χ1) is 15.2. The van der Waals surface area contributed by atoms with E-state index in [0.717, 1.165) is 44.1 Å². The molecule has 2 aromatic carbocycles. The highest BCUT2D eigenvalue weighted by atomic mass is 127. The van der Waals surface area contributed by atoms with Crippen molar-refractivity contribution in [3.63, 3.8) is 0 Å². The van der Waals surface area contributed by atoms with Crippen LogP contribution < -0.4 is 16.2 Å². The number of nitrogens with zero attached hydrogens (tertiary/aromatic N) is 2. The monoisotopic (exact) mass is 544 g/mol. The topological polar surface area (TPSA) is 58.4 Å². The average molecular weight is 544 g/mol. The second kappa shape index (κ2) is 13.7. The van der Waals surface area contributed by atoms with E-state index in [2.05, 4.69) is 64.2 Å². The first-order valence-corrected chi connectivity index (χ1v) is 10.9. The molecule has 0 amide bonds. The molecule has 0 aliphatic rings. The van der Waals surface area contributed by atoms with Gasteiger partial charge in [-0.05, 0) is 37.0 Å². The molecule has 170 valence electrons. The molecule has 0 aliphatic carbocycles. The number of halogens is 1. The van der Waals surface area contributed by atoms with Crippen LogP contribution in [-0.2, 0) is 6.54 Å². The molecule has 3 rings (SSSR count). The van der Waals surface area contributed by atoms with Crippen LogP contribution in [0.25, 0.3) is 0 Å². The van der Waals surface area contributed by atoms with E-state index >= 15 is 0 Å². The number of benzene rings is 2. The number of pyridine rings is 1. The SMILES string of the molecule is CN=C(NCCCCn1c(C)cccc1=O)NCC(c1ccccc1)c1ccccc1.I. The van der Waals surface area contributed by atoms with E-state index in [1.807, 2.05) is 35.8 Å². The largest absolute Gasteiger partial charge is 0.356 e. The number of rotatable bonds is 9. The minimum atomic E-state index is 0. The molecule has 0 spiro atoms. The minimum Gasteiger partial charge on any atom is -0.356 e. The van der Waals surface area contributed by atoms with Gasteiger partial charge in [-0.3, -0.25) is 9.79 Å². The van der Waals surface area contributed by atoms with Gasteiger partial charge in [-0.2, -0.15) is 0 Å². The molecule has 1 aromatic heterocycles. The van der Waals surface area contributed by atoms with Crippen molar-refractivity contribution in [2.24, 2.45) is 4.99 Å². The van der Waals surface area contributed by atoms with E-state index < -0.39 is 0 Å². The maximum Gasteiger partial charge on any atom is 0.250 e. The van der Waals surface area contributed by atoms with Gasteiger partial charge in [0.15, 0.2) is 5.96 Å². The van der Waals surface area contributed by atoms with Crippen molar-refractivity contribution < 1.29 is 0 Å². The summed E-state index contributed by atoms with van der Waals surface area (Å²) in [5.74, 6) is 1.04. The Hall–Kier alpha value is -2.61. The summed E-state index contributed by atoms with van der Waals surface area (Å²) in [4.78, 5) is 16.3. The van der Waals surface area contributed by atoms with Crippen molar-refractivity contribution >= 4 is 29.9 Å². The molecule has 0 saturated heterocycles. The lowest BCUT2D eigenvalue weighted by atomic mass is 9.91. The van der Waals surface area contributed by atoms with Gasteiger partial charge in [0.05, 0.1) is 0 Å². The lowest BCUT2D eigenvalue weighted by molar-refractivity contribution is 0.574. The normalized spacial score (nSPS) is 11.2. The number of unbranched alkanes of at least 4 members (excludes halogenated alkanes) is 1. The van der Waals surface area contributed by atoms with Crippen LogP contribution in [0, 0.1) is 6.92 Å². The third kappa shape index (κ3) is 7.51. The molecule has 3 aromatic rings. The molecule has 0 atom stereocenters. The molecule has 0 bridgehead atoms. The van der Waals surface area contributed by atoms with E-state index in [4.69, 9.17) is 0 Å². The van der Waals surface area contributed by atoms with E-state index in [-0.39, 0.29) is 35.5 Å². The van der Waals surface area contributed by atoms with Gasteiger partial charge in [0.25, 0.3) is 5.56 Å². The van der Waals surface area contributed by atoms with Crippen molar-refractivity contribution in [3.05, 3.63) is 106 Å². The summed E-state index contributed by atoms with van der Waals surface area (Å²) < 4.78 is 1.83. The predicted molar refractivity (Wildman–Crippen MR) is 144 cm³/mol. The van der Waals surface area contributed by atoms with Crippen molar-refractivity contribution in [1.82, 2.24) is 15.2 Å². The molecule has 0 unspecified atom stereocenters. The summed E-state index contributed by atoms with van der Waals surface area (Å²) in [6, 6.07) is 26.5. The van der Waals surface area contributed by atoms with E-state index in [1.165, 1.54) is 11.1 Å². The van der Waals surface area contributed by atoms with Crippen molar-refractivity contribution in [2.45, 2.75) is 32.2 Å². The average Bonchev–Trinajstić information content (AvgIpc) is 2.80. The molecule has 0 fully saturated rings. The summed E-state index contributed by atoms with van der Waals surface area (Å²) in [5, 5.41) is 6.87. The maximum absolute atomic E-state index is 12.0. The van der Waals surface area contributed by atoms with Crippen molar-refractivity contribution in [3.8, 4) is 0 Å². The number of aliphatic imine (C=N–C) groups is 1. The Morgan fingerprint density at radius 2 is 1.50 bits per heavy atom. The van der Waals surface area contributed by atoms with E-state index in [1.54, 1.807) is 13.1 Å². The molecular formula is C26H33IN4O. The summed E-state index contributed by atoms with van der Waals surface area (Å²) >= 11 is 0. The Morgan fingerprint density at radius 3 is 2.06 bits per heavy atom.